The number of aliphatic imine (C=N–C) groups is 1. The average Bonchev–Trinajstić information content (AvgIpc) is 2.93. The number of benzene rings is 1. The molecule has 0 unspecified atom stereocenters. The minimum atomic E-state index is 0. The zero-order valence-corrected chi connectivity index (χ0v) is 16.2. The van der Waals surface area contributed by atoms with Crippen molar-refractivity contribution < 1.29 is 4.74 Å². The maximum Gasteiger partial charge on any atom is 0.191 e. The summed E-state index contributed by atoms with van der Waals surface area (Å²) in [5.74, 6) is 1.67. The van der Waals surface area contributed by atoms with E-state index >= 15 is 0 Å². The molecule has 0 saturated heterocycles. The normalized spacial score (nSPS) is 10.8. The predicted octanol–water partition coefficient (Wildman–Crippen LogP) is 3.55. The van der Waals surface area contributed by atoms with Gasteiger partial charge in [0.1, 0.15) is 5.75 Å². The molecule has 120 valence electrons. The molecule has 4 nitrogen and oxygen atoms in total. The molecule has 0 aliphatic heterocycles. The Kier molecular flexibility index (Phi) is 8.26. The number of aryl methyl sites for hydroxylation is 1. The summed E-state index contributed by atoms with van der Waals surface area (Å²) in [5.41, 5.74) is 1.19. The van der Waals surface area contributed by atoms with Crippen molar-refractivity contribution in [2.24, 2.45) is 4.99 Å². The number of guanidine groups is 1. The van der Waals surface area contributed by atoms with Crippen molar-refractivity contribution in [3.8, 4) is 5.75 Å². The van der Waals surface area contributed by atoms with Crippen LogP contribution in [-0.4, -0.2) is 20.1 Å². The van der Waals surface area contributed by atoms with Crippen molar-refractivity contribution in [1.29, 1.82) is 0 Å². The monoisotopic (exact) mass is 431 g/mol. The third kappa shape index (κ3) is 5.84. The van der Waals surface area contributed by atoms with E-state index in [1.807, 2.05) is 24.3 Å². The number of thiophene rings is 1. The highest BCUT2D eigenvalue weighted by Crippen LogP contribution is 2.14. The molecule has 0 fully saturated rings. The standard InChI is InChI=1S/C16H21N3OS.HI/c1-12-4-9-15(21-12)11-19-16(17-2)18-10-13-5-7-14(20-3)8-6-13;/h4-9H,10-11H2,1-3H3,(H2,17,18,19);1H. The maximum absolute atomic E-state index is 5.15. The van der Waals surface area contributed by atoms with Crippen LogP contribution in [0.3, 0.4) is 0 Å². The van der Waals surface area contributed by atoms with Crippen LogP contribution in [0, 0.1) is 6.92 Å². The Morgan fingerprint density at radius 2 is 1.77 bits per heavy atom. The van der Waals surface area contributed by atoms with Crippen molar-refractivity contribution in [3.63, 3.8) is 0 Å². The summed E-state index contributed by atoms with van der Waals surface area (Å²) in [5, 5.41) is 6.62. The Balaban J connectivity index is 0.00000242. The lowest BCUT2D eigenvalue weighted by Gasteiger charge is -2.11. The van der Waals surface area contributed by atoms with E-state index in [9.17, 15) is 0 Å². The Hall–Kier alpha value is -1.28. The van der Waals surface area contributed by atoms with Crippen molar-refractivity contribution in [2.75, 3.05) is 14.2 Å². The van der Waals surface area contributed by atoms with Crippen LogP contribution in [0.2, 0.25) is 0 Å². The molecule has 0 saturated carbocycles. The molecular weight excluding hydrogens is 409 g/mol. The van der Waals surface area contributed by atoms with E-state index in [0.29, 0.717) is 0 Å². The van der Waals surface area contributed by atoms with Crippen LogP contribution in [-0.2, 0) is 13.1 Å². The van der Waals surface area contributed by atoms with Crippen LogP contribution in [0.5, 0.6) is 5.75 Å². The Labute approximate surface area is 153 Å². The number of hydrogen-bond donors (Lipinski definition) is 2. The van der Waals surface area contributed by atoms with Crippen LogP contribution in [0.15, 0.2) is 41.4 Å². The van der Waals surface area contributed by atoms with Crippen LogP contribution < -0.4 is 15.4 Å². The molecule has 2 aromatic rings. The van der Waals surface area contributed by atoms with E-state index in [0.717, 1.165) is 24.8 Å². The van der Waals surface area contributed by atoms with Crippen molar-refractivity contribution in [2.45, 2.75) is 20.0 Å². The van der Waals surface area contributed by atoms with Gasteiger partial charge in [0.25, 0.3) is 0 Å². The molecule has 1 heterocycles. The predicted molar refractivity (Wildman–Crippen MR) is 105 cm³/mol. The molecule has 2 N–H and O–H groups in total. The highest BCUT2D eigenvalue weighted by molar-refractivity contribution is 14.0. The van der Waals surface area contributed by atoms with E-state index in [-0.39, 0.29) is 24.0 Å². The summed E-state index contributed by atoms with van der Waals surface area (Å²) in [7, 11) is 3.45. The van der Waals surface area contributed by atoms with Crippen LogP contribution in [0.25, 0.3) is 0 Å². The molecule has 22 heavy (non-hydrogen) atoms. The first-order chi connectivity index (χ1) is 10.2. The molecule has 0 spiro atoms. The van der Waals surface area contributed by atoms with Gasteiger partial charge < -0.3 is 15.4 Å². The second-order valence-electron chi connectivity index (χ2n) is 4.64. The van der Waals surface area contributed by atoms with E-state index in [1.54, 1.807) is 25.5 Å². The zero-order valence-electron chi connectivity index (χ0n) is 13.1. The minimum Gasteiger partial charge on any atom is -0.497 e. The van der Waals surface area contributed by atoms with Crippen LogP contribution >= 0.6 is 35.3 Å². The number of rotatable bonds is 5. The summed E-state index contributed by atoms with van der Waals surface area (Å²) in [4.78, 5) is 6.87. The van der Waals surface area contributed by atoms with Gasteiger partial charge in [0.05, 0.1) is 13.7 Å². The fourth-order valence-electron chi connectivity index (χ4n) is 1.90. The quantitative estimate of drug-likeness (QED) is 0.433. The molecular formula is C16H22IN3OS. The Morgan fingerprint density at radius 1 is 1.09 bits per heavy atom. The first-order valence-corrected chi connectivity index (χ1v) is 7.65. The van der Waals surface area contributed by atoms with E-state index in [4.69, 9.17) is 4.74 Å². The summed E-state index contributed by atoms with van der Waals surface area (Å²) in [6.45, 7) is 3.64. The van der Waals surface area contributed by atoms with E-state index in [1.165, 1.54) is 15.3 Å². The van der Waals surface area contributed by atoms with Gasteiger partial charge in [-0.05, 0) is 36.8 Å². The molecule has 0 aliphatic rings. The highest BCUT2D eigenvalue weighted by Gasteiger charge is 2.01. The lowest BCUT2D eigenvalue weighted by atomic mass is 10.2. The Morgan fingerprint density at radius 3 is 2.32 bits per heavy atom. The smallest absolute Gasteiger partial charge is 0.191 e. The Bertz CT molecular complexity index is 596. The third-order valence-electron chi connectivity index (χ3n) is 3.07. The van der Waals surface area contributed by atoms with Crippen LogP contribution in [0.1, 0.15) is 15.3 Å². The summed E-state index contributed by atoms with van der Waals surface area (Å²) < 4.78 is 5.15. The van der Waals surface area contributed by atoms with Crippen molar-refractivity contribution in [3.05, 3.63) is 51.7 Å². The fraction of sp³-hybridized carbons (Fsp3) is 0.312. The molecule has 1 aromatic heterocycles. The van der Waals surface area contributed by atoms with Gasteiger partial charge in [-0.15, -0.1) is 35.3 Å². The lowest BCUT2D eigenvalue weighted by molar-refractivity contribution is 0.414. The van der Waals surface area contributed by atoms with Gasteiger partial charge in [-0.2, -0.15) is 0 Å². The summed E-state index contributed by atoms with van der Waals surface area (Å²) >= 11 is 1.80. The molecule has 0 aliphatic carbocycles. The molecule has 1 aromatic carbocycles. The fourth-order valence-corrected chi connectivity index (χ4v) is 2.73. The van der Waals surface area contributed by atoms with E-state index in [2.05, 4.69) is 34.7 Å². The number of halogens is 1. The van der Waals surface area contributed by atoms with Crippen LogP contribution in [0.4, 0.5) is 0 Å². The van der Waals surface area contributed by atoms with Crippen molar-refractivity contribution >= 4 is 41.3 Å². The number of methoxy groups -OCH3 is 1. The first kappa shape index (κ1) is 18.8. The second kappa shape index (κ2) is 9.68. The minimum absolute atomic E-state index is 0. The largest absolute Gasteiger partial charge is 0.497 e. The molecule has 2 rings (SSSR count). The van der Waals surface area contributed by atoms with Gasteiger partial charge in [-0.1, -0.05) is 12.1 Å². The SMILES string of the molecule is CN=C(NCc1ccc(OC)cc1)NCc1ccc(C)s1.I. The first-order valence-electron chi connectivity index (χ1n) is 6.84. The van der Waals surface area contributed by atoms with Gasteiger partial charge >= 0.3 is 0 Å². The second-order valence-corrected chi connectivity index (χ2v) is 6.01. The topological polar surface area (TPSA) is 45.7 Å². The highest BCUT2D eigenvalue weighted by atomic mass is 127. The van der Waals surface area contributed by atoms with E-state index < -0.39 is 0 Å². The summed E-state index contributed by atoms with van der Waals surface area (Å²) in [6, 6.07) is 12.3. The number of nitrogens with zero attached hydrogens (tertiary/aromatic N) is 1. The van der Waals surface area contributed by atoms with Gasteiger partial charge in [-0.3, -0.25) is 4.99 Å². The number of ether oxygens (including phenoxy) is 1. The van der Waals surface area contributed by atoms with Gasteiger partial charge in [-0.25, -0.2) is 0 Å². The molecule has 0 bridgehead atoms. The maximum atomic E-state index is 5.15. The van der Waals surface area contributed by atoms with Crippen molar-refractivity contribution in [1.82, 2.24) is 10.6 Å². The lowest BCUT2D eigenvalue weighted by Crippen LogP contribution is -2.36. The third-order valence-corrected chi connectivity index (χ3v) is 4.07. The average molecular weight is 431 g/mol. The molecule has 6 heteroatoms. The summed E-state index contributed by atoms with van der Waals surface area (Å²) in [6.07, 6.45) is 0. The number of hydrogen-bond acceptors (Lipinski definition) is 3. The molecule has 0 atom stereocenters. The molecule has 0 amide bonds. The number of nitrogens with one attached hydrogen (secondary N) is 2. The molecule has 0 radical (unpaired) electrons. The van der Waals surface area contributed by atoms with Gasteiger partial charge in [0, 0.05) is 23.3 Å². The zero-order chi connectivity index (χ0) is 15.1. The van der Waals surface area contributed by atoms with Gasteiger partial charge in [0.2, 0.25) is 0 Å². The van der Waals surface area contributed by atoms with Gasteiger partial charge in [0.15, 0.2) is 5.96 Å².